The zero-order valence-electron chi connectivity index (χ0n) is 43.9. The molecule has 0 spiro atoms. The van der Waals surface area contributed by atoms with Gasteiger partial charge in [0.05, 0.1) is 51.8 Å². The molecule has 0 unspecified atom stereocenters. The third kappa shape index (κ3) is 14.6. The van der Waals surface area contributed by atoms with Crippen LogP contribution < -0.4 is 16.0 Å². The summed E-state index contributed by atoms with van der Waals surface area (Å²) in [5.41, 5.74) is 0. The van der Waals surface area contributed by atoms with Crippen LogP contribution in [-0.4, -0.2) is 350 Å². The SMILES string of the molecule is CC(=O)N[C@H]1[C@H](O[C@H]2[C@@H](O)[C@@H](CO)O[C@@H](O[C@H]3[C@H](O)[C@@H](O)[C@H](O)O[C@@H]3CO)[C@@H]2O)O[C@H](CO)[C@@H](O[C@@H]2O[C@H](CO)[C@H](O[C@@H]3O[C@H](CO)[C@H](O)[C@H](O)[C@H]3NC(C)=O)[C@H](O[C@]3(C(=O)O)C[C@H](O)[C@@H](NC(C)=O)[C@H]([C@H](O)[C@H](O)CO)O3)[C@H]2O)[C@@H]1O. The number of carbonyl (C=O) groups excluding carboxylic acids is 3. The maximum Gasteiger partial charge on any atom is 0.364 e. The van der Waals surface area contributed by atoms with Crippen molar-refractivity contribution >= 4 is 23.7 Å². The molecule has 22 N–H and O–H groups in total. The highest BCUT2D eigenvalue weighted by Crippen LogP contribution is 2.41. The Morgan fingerprint density at radius 1 is 0.476 bits per heavy atom. The van der Waals surface area contributed by atoms with E-state index in [1.54, 1.807) is 0 Å². The van der Waals surface area contributed by atoms with Gasteiger partial charge in [-0.25, -0.2) is 4.79 Å². The Labute approximate surface area is 463 Å². The molecule has 0 bridgehead atoms. The van der Waals surface area contributed by atoms with Crippen LogP contribution in [0.5, 0.6) is 0 Å². The number of hydrogen-bond donors (Lipinski definition) is 22. The second-order valence-electron chi connectivity index (χ2n) is 20.4. The number of aliphatic hydroxyl groups excluding tert-OH is 18. The Balaban J connectivity index is 1.36. The number of aliphatic hydroxyl groups is 18. The normalized spacial score (nSPS) is 46.3. The van der Waals surface area contributed by atoms with Crippen molar-refractivity contribution in [1.82, 2.24) is 16.0 Å². The molecule has 37 heteroatoms. The highest BCUT2D eigenvalue weighted by molar-refractivity contribution is 5.77. The summed E-state index contributed by atoms with van der Waals surface area (Å²) in [6.45, 7) is -3.75. The van der Waals surface area contributed by atoms with Crippen molar-refractivity contribution in [3.63, 3.8) is 0 Å². The lowest BCUT2D eigenvalue weighted by molar-refractivity contribution is -0.401. The van der Waals surface area contributed by atoms with E-state index >= 15 is 0 Å². The lowest BCUT2D eigenvalue weighted by atomic mass is 9.88. The highest BCUT2D eigenvalue weighted by atomic mass is 16.8. The zero-order chi connectivity index (χ0) is 61.0. The van der Waals surface area contributed by atoms with E-state index in [9.17, 15) is 116 Å². The van der Waals surface area contributed by atoms with E-state index in [0.29, 0.717) is 0 Å². The van der Waals surface area contributed by atoms with E-state index < -0.39 is 259 Å². The molecule has 0 saturated carbocycles. The van der Waals surface area contributed by atoms with Crippen LogP contribution in [0.1, 0.15) is 27.2 Å². The largest absolute Gasteiger partial charge is 0.477 e. The van der Waals surface area contributed by atoms with Crippen LogP contribution in [0.2, 0.25) is 0 Å². The second-order valence-corrected chi connectivity index (χ2v) is 20.4. The summed E-state index contributed by atoms with van der Waals surface area (Å²) in [4.78, 5) is 51.0. The molecule has 31 atom stereocenters. The fourth-order valence-electron chi connectivity index (χ4n) is 10.4. The van der Waals surface area contributed by atoms with Gasteiger partial charge in [-0.3, -0.25) is 14.4 Å². The number of rotatable bonds is 22. The molecule has 6 saturated heterocycles. The van der Waals surface area contributed by atoms with Gasteiger partial charge in [-0.1, -0.05) is 0 Å². The Morgan fingerprint density at radius 3 is 1.40 bits per heavy atom. The average molecular weight is 1200 g/mol. The summed E-state index contributed by atoms with van der Waals surface area (Å²) >= 11 is 0. The first-order valence-corrected chi connectivity index (χ1v) is 25.7. The van der Waals surface area contributed by atoms with E-state index in [2.05, 4.69) is 16.0 Å². The van der Waals surface area contributed by atoms with Crippen LogP contribution in [0.4, 0.5) is 0 Å². The number of aliphatic carboxylic acids is 1. The van der Waals surface area contributed by atoms with Crippen LogP contribution in [0, 0.1) is 0 Å². The van der Waals surface area contributed by atoms with Gasteiger partial charge in [0.25, 0.3) is 5.79 Å². The molecule has 0 aromatic rings. The molecule has 82 heavy (non-hydrogen) atoms. The van der Waals surface area contributed by atoms with E-state index in [1.807, 2.05) is 0 Å². The highest BCUT2D eigenvalue weighted by Gasteiger charge is 2.62. The number of amides is 3. The maximum atomic E-state index is 13.5. The minimum Gasteiger partial charge on any atom is -0.477 e. The summed E-state index contributed by atoms with van der Waals surface area (Å²) in [5, 5.41) is 212. The quantitative estimate of drug-likeness (QED) is 0.0479. The number of ether oxygens (including phenoxy) is 11. The molecular formula is C45H75N3O34. The summed E-state index contributed by atoms with van der Waals surface area (Å²) in [5.74, 6) is -8.23. The molecule has 6 aliphatic rings. The summed E-state index contributed by atoms with van der Waals surface area (Å²) in [6, 6.07) is -5.49. The van der Waals surface area contributed by atoms with Crippen molar-refractivity contribution in [3.8, 4) is 0 Å². The Morgan fingerprint density at radius 2 is 0.890 bits per heavy atom. The Kier molecular flexibility index (Phi) is 23.9. The third-order valence-corrected chi connectivity index (χ3v) is 14.6. The number of carboxylic acids is 1. The number of hydrogen-bond acceptors (Lipinski definition) is 33. The van der Waals surface area contributed by atoms with Crippen LogP contribution in [0.3, 0.4) is 0 Å². The van der Waals surface area contributed by atoms with Crippen molar-refractivity contribution < 1.29 is 168 Å². The topological polar surface area (TPSA) is 590 Å². The molecule has 37 nitrogen and oxygen atoms in total. The first-order valence-electron chi connectivity index (χ1n) is 25.7. The Hall–Kier alpha value is -3.28. The first-order chi connectivity index (χ1) is 38.6. The standard InChI is InChI=1S/C45H75N3O34/c1-11(55)46-21-14(58)4-45(44(70)71,81-36(21)24(60)15(59)5-49)82-38-32(68)43(76-20(10-54)35(38)79-40-22(47-12(2)56)27(63)25(61)16(6-50)73-40)77-33-19(9-53)75-41(23(28(33)64)48-13(3)57)80-37-26(62)17(7-51)74-42(31(37)67)78-34-18(8-52)72-39(69)30(66)29(34)65/h14-43,49-54,58-69H,4-10H2,1-3H3,(H,46,55)(H,47,56)(H,48,57)(H,70,71)/t14-,15+,16+,17+,18+,19+,20+,21+,22+,23+,24+,25-,26-,27+,28+,29+,30+,31+,32+,33+,34+,35-,36+,37-,38+,39+,40-,41-,42-,43-,45-/m0/s1. The van der Waals surface area contributed by atoms with Gasteiger partial charge in [0.15, 0.2) is 31.5 Å². The Bertz CT molecular complexity index is 2090. The van der Waals surface area contributed by atoms with Gasteiger partial charge >= 0.3 is 5.97 Å². The smallest absolute Gasteiger partial charge is 0.364 e. The van der Waals surface area contributed by atoms with Crippen LogP contribution >= 0.6 is 0 Å². The molecular weight excluding hydrogens is 1130 g/mol. The molecule has 0 aromatic heterocycles. The van der Waals surface area contributed by atoms with E-state index in [0.717, 1.165) is 20.8 Å². The number of carboxylic acid groups (broad SMARTS) is 1. The third-order valence-electron chi connectivity index (χ3n) is 14.6. The molecule has 6 heterocycles. The molecule has 6 aliphatic heterocycles. The molecule has 6 fully saturated rings. The van der Waals surface area contributed by atoms with Crippen molar-refractivity contribution in [2.45, 2.75) is 217 Å². The van der Waals surface area contributed by atoms with Gasteiger partial charge in [-0.05, 0) is 0 Å². The first kappa shape index (κ1) is 67.8. The minimum atomic E-state index is -3.37. The lowest BCUT2D eigenvalue weighted by Gasteiger charge is -2.52. The predicted molar refractivity (Wildman–Crippen MR) is 251 cm³/mol. The van der Waals surface area contributed by atoms with Crippen molar-refractivity contribution in [2.24, 2.45) is 0 Å². The van der Waals surface area contributed by atoms with Gasteiger partial charge in [0.1, 0.15) is 140 Å². The number of carbonyl (C=O) groups is 4. The van der Waals surface area contributed by atoms with Crippen molar-refractivity contribution in [2.75, 3.05) is 39.6 Å². The van der Waals surface area contributed by atoms with Crippen molar-refractivity contribution in [1.29, 1.82) is 0 Å². The van der Waals surface area contributed by atoms with Gasteiger partial charge < -0.3 is 165 Å². The van der Waals surface area contributed by atoms with Crippen molar-refractivity contribution in [3.05, 3.63) is 0 Å². The fourth-order valence-corrected chi connectivity index (χ4v) is 10.4. The molecule has 474 valence electrons. The van der Waals surface area contributed by atoms with E-state index in [4.69, 9.17) is 52.1 Å². The molecule has 3 amide bonds. The van der Waals surface area contributed by atoms with Gasteiger partial charge in [0.2, 0.25) is 17.7 Å². The molecule has 0 radical (unpaired) electrons. The van der Waals surface area contributed by atoms with Crippen LogP contribution in [0.15, 0.2) is 0 Å². The molecule has 6 rings (SSSR count). The van der Waals surface area contributed by atoms with E-state index in [1.165, 1.54) is 0 Å². The fraction of sp³-hybridized carbons (Fsp3) is 0.911. The summed E-state index contributed by atoms with van der Waals surface area (Å²) in [6.07, 6.45) is -57.2. The minimum absolute atomic E-state index is 0.871. The zero-order valence-corrected chi connectivity index (χ0v) is 43.9. The lowest BCUT2D eigenvalue weighted by Crippen LogP contribution is -2.72. The van der Waals surface area contributed by atoms with Crippen LogP contribution in [0.25, 0.3) is 0 Å². The average Bonchev–Trinajstić information content (AvgIpc) is 3.43. The van der Waals surface area contributed by atoms with Gasteiger partial charge in [-0.15, -0.1) is 0 Å². The van der Waals surface area contributed by atoms with Crippen LogP contribution in [-0.2, 0) is 71.3 Å². The van der Waals surface area contributed by atoms with Gasteiger partial charge in [-0.2, -0.15) is 0 Å². The maximum absolute atomic E-state index is 13.5. The van der Waals surface area contributed by atoms with Gasteiger partial charge in [0, 0.05) is 27.2 Å². The summed E-state index contributed by atoms with van der Waals surface area (Å²) < 4.78 is 63.7. The predicted octanol–water partition coefficient (Wildman–Crippen LogP) is -14.5. The number of nitrogens with one attached hydrogen (secondary N) is 3. The van der Waals surface area contributed by atoms with E-state index in [-0.39, 0.29) is 0 Å². The molecule has 0 aromatic carbocycles. The second kappa shape index (κ2) is 28.9. The molecule has 0 aliphatic carbocycles. The monoisotopic (exact) mass is 1200 g/mol. The summed E-state index contributed by atoms with van der Waals surface area (Å²) in [7, 11) is 0.